The molecule has 2 fully saturated rings. The molecule has 0 unspecified atom stereocenters. The number of aryl methyl sites for hydroxylation is 2. The van der Waals surface area contributed by atoms with Crippen molar-refractivity contribution in [3.8, 4) is 5.75 Å². The van der Waals surface area contributed by atoms with E-state index >= 15 is 0 Å². The number of benzene rings is 1. The van der Waals surface area contributed by atoms with Crippen LogP contribution in [-0.2, 0) is 29.5 Å². The third kappa shape index (κ3) is 8.66. The molecule has 0 bridgehead atoms. The third-order valence-corrected chi connectivity index (χ3v) is 9.44. The van der Waals surface area contributed by atoms with E-state index in [4.69, 9.17) is 24.4 Å². The molecular formula is C42H56N7O4. The van der Waals surface area contributed by atoms with Gasteiger partial charge in [0.15, 0.2) is 5.82 Å². The average molecular weight is 723 g/mol. The first-order valence-electron chi connectivity index (χ1n) is 19.0. The van der Waals surface area contributed by atoms with E-state index in [2.05, 4.69) is 31.6 Å². The Kier molecular flexibility index (Phi) is 12.1. The summed E-state index contributed by atoms with van der Waals surface area (Å²) >= 11 is 0. The molecule has 4 aromatic rings. The molecule has 0 atom stereocenters. The number of pyridine rings is 2. The predicted octanol–water partition coefficient (Wildman–Crippen LogP) is 8.63. The van der Waals surface area contributed by atoms with Gasteiger partial charge < -0.3 is 23.8 Å². The second kappa shape index (κ2) is 16.4. The van der Waals surface area contributed by atoms with Gasteiger partial charge in [0.05, 0.1) is 37.4 Å². The van der Waals surface area contributed by atoms with Crippen molar-refractivity contribution in [2.45, 2.75) is 92.7 Å². The number of likely N-dealkylation sites (tertiary alicyclic amines) is 1. The summed E-state index contributed by atoms with van der Waals surface area (Å²) in [7, 11) is 5.60. The van der Waals surface area contributed by atoms with Crippen LogP contribution < -0.4 is 14.5 Å². The number of hydrogen-bond donors (Lipinski definition) is 0. The number of fused-ring (bicyclic) bond motifs is 1. The van der Waals surface area contributed by atoms with Crippen LogP contribution >= 0.6 is 0 Å². The first-order chi connectivity index (χ1) is 25.4. The molecule has 0 N–H and O–H groups in total. The maximum Gasteiger partial charge on any atom is 0.410 e. The molecule has 11 nitrogen and oxygen atoms in total. The molecule has 1 radical (unpaired) electrons. The Morgan fingerprint density at radius 1 is 1.00 bits per heavy atom. The average Bonchev–Trinajstić information content (AvgIpc) is 4.08. The van der Waals surface area contributed by atoms with Crippen LogP contribution in [0.5, 0.6) is 5.75 Å². The van der Waals surface area contributed by atoms with Gasteiger partial charge in [0.2, 0.25) is 5.91 Å². The smallest absolute Gasteiger partial charge is 0.410 e. The minimum absolute atomic E-state index is 0.0281. The zero-order chi connectivity index (χ0) is 38.6. The number of rotatable bonds is 10. The summed E-state index contributed by atoms with van der Waals surface area (Å²) in [5.74, 6) is 2.12. The number of carbonyl (C=O) groups excluding carboxylic acids is 2. The van der Waals surface area contributed by atoms with E-state index < -0.39 is 5.60 Å². The fraction of sp³-hybridized carbons (Fsp3) is 0.476. The molecule has 11 heteroatoms. The molecule has 1 saturated carbocycles. The zero-order valence-electron chi connectivity index (χ0n) is 33.4. The van der Waals surface area contributed by atoms with E-state index in [0.717, 1.165) is 58.6 Å². The summed E-state index contributed by atoms with van der Waals surface area (Å²) in [6.07, 6.45) is 10.0. The fourth-order valence-electron chi connectivity index (χ4n) is 6.31. The maximum absolute atomic E-state index is 14.0. The first kappa shape index (κ1) is 39.3. The van der Waals surface area contributed by atoms with Gasteiger partial charge in [-0.1, -0.05) is 52.8 Å². The van der Waals surface area contributed by atoms with Crippen LogP contribution in [0, 0.1) is 12.3 Å². The monoisotopic (exact) mass is 722 g/mol. The van der Waals surface area contributed by atoms with E-state index in [-0.39, 0.29) is 23.8 Å². The van der Waals surface area contributed by atoms with Crippen molar-refractivity contribution < 1.29 is 19.1 Å². The van der Waals surface area contributed by atoms with E-state index in [1.807, 2.05) is 96.4 Å². The van der Waals surface area contributed by atoms with Gasteiger partial charge in [-0.3, -0.25) is 14.7 Å². The SMILES string of the molecule is CC.CC.CCc1cc(C2CN(C(=O)OC(C)(C)C)C2)ncc1N(C)c1cc2c(ncn2C)c(N(Cc2ccc(C3=C[CH]3)cc2OC)C(=O)C2CC2)n1. The quantitative estimate of drug-likeness (QED) is 0.160. The minimum atomic E-state index is -0.526. The Balaban J connectivity index is 0.00000131. The number of hydrogen-bond acceptors (Lipinski definition) is 8. The van der Waals surface area contributed by atoms with Crippen molar-refractivity contribution in [3.63, 3.8) is 0 Å². The topological polar surface area (TPSA) is 106 Å². The van der Waals surface area contributed by atoms with Gasteiger partial charge in [-0.05, 0) is 68.9 Å². The van der Waals surface area contributed by atoms with E-state index in [9.17, 15) is 9.59 Å². The third-order valence-electron chi connectivity index (χ3n) is 9.44. The van der Waals surface area contributed by atoms with Crippen molar-refractivity contribution in [1.29, 1.82) is 0 Å². The van der Waals surface area contributed by atoms with E-state index in [0.29, 0.717) is 36.8 Å². The van der Waals surface area contributed by atoms with Crippen LogP contribution in [-0.4, -0.2) is 69.3 Å². The van der Waals surface area contributed by atoms with Gasteiger partial charge in [0.1, 0.15) is 22.7 Å². The van der Waals surface area contributed by atoms with Gasteiger partial charge in [-0.2, -0.15) is 0 Å². The van der Waals surface area contributed by atoms with Gasteiger partial charge in [0.25, 0.3) is 0 Å². The Hall–Kier alpha value is -4.93. The lowest BCUT2D eigenvalue weighted by Crippen LogP contribution is -2.50. The minimum Gasteiger partial charge on any atom is -0.496 e. The van der Waals surface area contributed by atoms with Crippen LogP contribution in [0.1, 0.15) is 96.5 Å². The summed E-state index contributed by atoms with van der Waals surface area (Å²) < 4.78 is 13.3. The summed E-state index contributed by atoms with van der Waals surface area (Å²) in [5.41, 5.74) is 7.22. The zero-order valence-corrected chi connectivity index (χ0v) is 33.4. The van der Waals surface area contributed by atoms with Crippen LogP contribution in [0.3, 0.4) is 0 Å². The molecule has 1 aliphatic heterocycles. The second-order valence-corrected chi connectivity index (χ2v) is 14.3. The van der Waals surface area contributed by atoms with Crippen LogP contribution in [0.2, 0.25) is 0 Å². The van der Waals surface area contributed by atoms with Gasteiger partial charge in [0, 0.05) is 62.8 Å². The largest absolute Gasteiger partial charge is 0.496 e. The highest BCUT2D eigenvalue weighted by molar-refractivity contribution is 6.02. The number of allylic oxidation sites excluding steroid dienone is 2. The number of anilines is 3. The molecule has 1 saturated heterocycles. The van der Waals surface area contributed by atoms with Crippen molar-refractivity contribution in [2.24, 2.45) is 13.0 Å². The fourth-order valence-corrected chi connectivity index (χ4v) is 6.31. The summed E-state index contributed by atoms with van der Waals surface area (Å²) in [6, 6.07) is 10.3. The number of methoxy groups -OCH3 is 1. The lowest BCUT2D eigenvalue weighted by atomic mass is 9.94. The second-order valence-electron chi connectivity index (χ2n) is 14.3. The molecule has 2 aliphatic carbocycles. The Bertz CT molecular complexity index is 1970. The van der Waals surface area contributed by atoms with E-state index in [1.165, 1.54) is 5.57 Å². The molecule has 3 aromatic heterocycles. The Morgan fingerprint density at radius 3 is 2.30 bits per heavy atom. The van der Waals surface area contributed by atoms with E-state index in [1.54, 1.807) is 23.2 Å². The molecule has 283 valence electrons. The standard InChI is InChI=1S/C38H44N7O4.2C2H6/c1-8-23-15-29(28-19-44(20-28)37(47)49-38(2,3)4)39-18-31(23)43(6)33-17-30-34(40-22-42(30)5)35(41-33)45(36(46)25-11-12-25)21-27-14-13-26(24-9-10-24)16-32(27)48-7;2*1-2/h9-10,13-18,22,25,28H,8,11-12,19-21H2,1-7H3;2*1-2H3. The Labute approximate surface area is 315 Å². The Morgan fingerprint density at radius 2 is 1.70 bits per heavy atom. The van der Waals surface area contributed by atoms with Crippen LogP contribution in [0.4, 0.5) is 22.1 Å². The number of aromatic nitrogens is 4. The molecule has 2 amide bonds. The molecule has 1 aromatic carbocycles. The molecule has 4 heterocycles. The number of ether oxygens (including phenoxy) is 2. The molecule has 0 spiro atoms. The highest BCUT2D eigenvalue weighted by atomic mass is 16.6. The van der Waals surface area contributed by atoms with Gasteiger partial charge >= 0.3 is 6.09 Å². The van der Waals surface area contributed by atoms with Gasteiger partial charge in [-0.15, -0.1) is 0 Å². The van der Waals surface area contributed by atoms with Crippen LogP contribution in [0.25, 0.3) is 16.6 Å². The van der Waals surface area contributed by atoms with Crippen molar-refractivity contribution in [3.05, 3.63) is 77.7 Å². The van der Waals surface area contributed by atoms with Crippen molar-refractivity contribution >= 4 is 45.9 Å². The normalized spacial score (nSPS) is 14.9. The van der Waals surface area contributed by atoms with Crippen molar-refractivity contribution in [2.75, 3.05) is 37.0 Å². The van der Waals surface area contributed by atoms with Crippen LogP contribution in [0.15, 0.2) is 48.9 Å². The number of amides is 2. The highest BCUT2D eigenvalue weighted by Gasteiger charge is 2.37. The summed E-state index contributed by atoms with van der Waals surface area (Å²) in [5, 5.41) is 0. The number of imidazole rings is 1. The molecular weight excluding hydrogens is 667 g/mol. The first-order valence-corrected chi connectivity index (χ1v) is 19.0. The lowest BCUT2D eigenvalue weighted by molar-refractivity contribution is -0.119. The lowest BCUT2D eigenvalue weighted by Gasteiger charge is -2.39. The maximum atomic E-state index is 14.0. The van der Waals surface area contributed by atoms with Crippen molar-refractivity contribution in [1.82, 2.24) is 24.4 Å². The molecule has 53 heavy (non-hydrogen) atoms. The number of nitrogens with zero attached hydrogens (tertiary/aromatic N) is 7. The highest BCUT2D eigenvalue weighted by Crippen LogP contribution is 2.39. The predicted molar refractivity (Wildman–Crippen MR) is 213 cm³/mol. The van der Waals surface area contributed by atoms with Gasteiger partial charge in [-0.25, -0.2) is 14.8 Å². The summed E-state index contributed by atoms with van der Waals surface area (Å²) in [6.45, 7) is 17.2. The number of carbonyl (C=O) groups is 2. The molecule has 3 aliphatic rings. The summed E-state index contributed by atoms with van der Waals surface area (Å²) in [4.78, 5) is 46.8. The molecule has 7 rings (SSSR count).